The van der Waals surface area contributed by atoms with E-state index in [9.17, 15) is 4.79 Å². The molecule has 0 aliphatic rings. The Morgan fingerprint density at radius 1 is 1.12 bits per heavy atom. The highest BCUT2D eigenvalue weighted by Gasteiger charge is 2.21. The van der Waals surface area contributed by atoms with E-state index < -0.39 is 5.97 Å². The molecule has 0 saturated carbocycles. The van der Waals surface area contributed by atoms with Crippen LogP contribution in [-0.4, -0.2) is 36.0 Å². The second kappa shape index (κ2) is 6.97. The van der Waals surface area contributed by atoms with E-state index >= 15 is 0 Å². The lowest BCUT2D eigenvalue weighted by Crippen LogP contribution is -2.30. The van der Waals surface area contributed by atoms with Crippen molar-refractivity contribution in [1.29, 1.82) is 0 Å². The molecule has 0 fully saturated rings. The van der Waals surface area contributed by atoms with E-state index in [0.29, 0.717) is 13.0 Å². The van der Waals surface area contributed by atoms with Crippen molar-refractivity contribution in [3.63, 3.8) is 0 Å². The number of methoxy groups -OCH3 is 1. The number of aliphatic carboxylic acids is 1. The van der Waals surface area contributed by atoms with Gasteiger partial charge in [0.25, 0.3) is 0 Å². The van der Waals surface area contributed by atoms with Crippen molar-refractivity contribution in [2.75, 3.05) is 13.7 Å². The number of carboxylic acid groups (broad SMARTS) is 1. The summed E-state index contributed by atoms with van der Waals surface area (Å²) in [7, 11) is 1.69. The van der Waals surface area contributed by atoms with Gasteiger partial charge >= 0.3 is 5.97 Å². The van der Waals surface area contributed by atoms with Crippen molar-refractivity contribution in [3.8, 4) is 0 Å². The topological polar surface area (TPSA) is 55.8 Å². The van der Waals surface area contributed by atoms with Gasteiger partial charge in [-0.2, -0.15) is 0 Å². The Balaban J connectivity index is 3.81. The molecule has 102 valence electrons. The Hall–Kier alpha value is -0.610. The van der Waals surface area contributed by atoms with Gasteiger partial charge in [0.1, 0.15) is 0 Å². The first-order chi connectivity index (χ1) is 7.68. The average molecular weight is 246 g/mol. The van der Waals surface area contributed by atoms with E-state index in [-0.39, 0.29) is 17.6 Å². The lowest BCUT2D eigenvalue weighted by atomic mass is 10.0. The standard InChI is InChI=1S/C13H26O4/c1-12(2,16-5)9-10-17-13(3,4)8-6-7-11(14)15/h6-10H2,1-5H3,(H,14,15). The van der Waals surface area contributed by atoms with Crippen LogP contribution in [0.25, 0.3) is 0 Å². The Morgan fingerprint density at radius 3 is 2.18 bits per heavy atom. The fourth-order valence-corrected chi connectivity index (χ4v) is 1.41. The summed E-state index contributed by atoms with van der Waals surface area (Å²) in [6, 6.07) is 0. The Bertz CT molecular complexity index is 234. The maximum atomic E-state index is 10.4. The van der Waals surface area contributed by atoms with E-state index in [4.69, 9.17) is 14.6 Å². The minimum Gasteiger partial charge on any atom is -0.481 e. The first kappa shape index (κ1) is 16.4. The highest BCUT2D eigenvalue weighted by molar-refractivity contribution is 5.66. The number of ether oxygens (including phenoxy) is 2. The predicted molar refractivity (Wildman–Crippen MR) is 67.2 cm³/mol. The molecule has 0 unspecified atom stereocenters. The molecule has 0 atom stereocenters. The van der Waals surface area contributed by atoms with Crippen LogP contribution in [0.3, 0.4) is 0 Å². The second-order valence-corrected chi connectivity index (χ2v) is 5.57. The summed E-state index contributed by atoms with van der Waals surface area (Å²) < 4.78 is 11.1. The molecule has 1 N–H and O–H groups in total. The number of carbonyl (C=O) groups is 1. The van der Waals surface area contributed by atoms with Gasteiger partial charge in [0, 0.05) is 13.5 Å². The minimum atomic E-state index is -0.749. The smallest absolute Gasteiger partial charge is 0.303 e. The van der Waals surface area contributed by atoms with E-state index in [1.54, 1.807) is 7.11 Å². The third-order valence-corrected chi connectivity index (χ3v) is 2.92. The first-order valence-electron chi connectivity index (χ1n) is 6.09. The summed E-state index contributed by atoms with van der Waals surface area (Å²) in [5.74, 6) is -0.749. The summed E-state index contributed by atoms with van der Waals surface area (Å²) >= 11 is 0. The molecule has 0 aromatic heterocycles. The Kier molecular flexibility index (Phi) is 6.72. The molecule has 0 radical (unpaired) electrons. The molecule has 0 rings (SSSR count). The average Bonchev–Trinajstić information content (AvgIpc) is 2.16. The van der Waals surface area contributed by atoms with E-state index in [1.165, 1.54) is 0 Å². The van der Waals surface area contributed by atoms with Crippen LogP contribution in [0.2, 0.25) is 0 Å². The zero-order valence-electron chi connectivity index (χ0n) is 11.7. The van der Waals surface area contributed by atoms with Crippen molar-refractivity contribution in [3.05, 3.63) is 0 Å². The van der Waals surface area contributed by atoms with Crippen molar-refractivity contribution in [1.82, 2.24) is 0 Å². The molecular weight excluding hydrogens is 220 g/mol. The molecule has 0 bridgehead atoms. The van der Waals surface area contributed by atoms with Crippen LogP contribution in [0.4, 0.5) is 0 Å². The maximum Gasteiger partial charge on any atom is 0.303 e. The molecule has 4 nitrogen and oxygen atoms in total. The van der Waals surface area contributed by atoms with Gasteiger partial charge in [-0.15, -0.1) is 0 Å². The first-order valence-corrected chi connectivity index (χ1v) is 6.09. The number of hydrogen-bond acceptors (Lipinski definition) is 3. The van der Waals surface area contributed by atoms with Gasteiger partial charge in [-0.1, -0.05) is 0 Å². The van der Waals surface area contributed by atoms with Crippen LogP contribution < -0.4 is 0 Å². The second-order valence-electron chi connectivity index (χ2n) is 5.57. The number of rotatable bonds is 9. The minimum absolute atomic E-state index is 0.169. The van der Waals surface area contributed by atoms with Crippen molar-refractivity contribution < 1.29 is 19.4 Å². The van der Waals surface area contributed by atoms with E-state index in [0.717, 1.165) is 12.8 Å². The molecule has 0 spiro atoms. The fraction of sp³-hybridized carbons (Fsp3) is 0.923. The fourth-order valence-electron chi connectivity index (χ4n) is 1.41. The Morgan fingerprint density at radius 2 is 1.71 bits per heavy atom. The van der Waals surface area contributed by atoms with Crippen LogP contribution in [0.5, 0.6) is 0 Å². The van der Waals surface area contributed by atoms with Crippen molar-refractivity contribution in [2.45, 2.75) is 64.6 Å². The van der Waals surface area contributed by atoms with Crippen LogP contribution in [-0.2, 0) is 14.3 Å². The SMILES string of the molecule is COC(C)(C)CCOC(C)(C)CCCC(=O)O. The largest absolute Gasteiger partial charge is 0.481 e. The molecule has 0 aliphatic carbocycles. The van der Waals surface area contributed by atoms with Gasteiger partial charge in [0.2, 0.25) is 0 Å². The van der Waals surface area contributed by atoms with Gasteiger partial charge in [-0.25, -0.2) is 0 Å². The normalized spacial score (nSPS) is 12.8. The van der Waals surface area contributed by atoms with E-state index in [1.807, 2.05) is 27.7 Å². The summed E-state index contributed by atoms with van der Waals surface area (Å²) in [6.07, 6.45) is 2.44. The molecule has 0 aromatic carbocycles. The van der Waals surface area contributed by atoms with Crippen molar-refractivity contribution >= 4 is 5.97 Å². The lowest BCUT2D eigenvalue weighted by Gasteiger charge is -2.28. The van der Waals surface area contributed by atoms with Gasteiger partial charge in [-0.05, 0) is 47.0 Å². The third-order valence-electron chi connectivity index (χ3n) is 2.92. The highest BCUT2D eigenvalue weighted by atomic mass is 16.5. The zero-order valence-corrected chi connectivity index (χ0v) is 11.7. The van der Waals surface area contributed by atoms with Gasteiger partial charge in [0.15, 0.2) is 0 Å². The van der Waals surface area contributed by atoms with Crippen LogP contribution in [0.15, 0.2) is 0 Å². The zero-order chi connectivity index (χ0) is 13.5. The highest BCUT2D eigenvalue weighted by Crippen LogP contribution is 2.20. The molecule has 4 heteroatoms. The Labute approximate surface area is 104 Å². The monoisotopic (exact) mass is 246 g/mol. The molecule has 0 saturated heterocycles. The quantitative estimate of drug-likeness (QED) is 0.679. The van der Waals surface area contributed by atoms with Gasteiger partial charge in [0.05, 0.1) is 17.8 Å². The molecule has 0 amide bonds. The molecular formula is C13H26O4. The van der Waals surface area contributed by atoms with Crippen LogP contribution in [0.1, 0.15) is 53.4 Å². The maximum absolute atomic E-state index is 10.4. The van der Waals surface area contributed by atoms with Gasteiger partial charge in [-0.3, -0.25) is 4.79 Å². The van der Waals surface area contributed by atoms with Crippen LogP contribution in [0, 0.1) is 0 Å². The predicted octanol–water partition coefficient (Wildman–Crippen LogP) is 2.85. The lowest BCUT2D eigenvalue weighted by molar-refractivity contribution is -0.137. The summed E-state index contributed by atoms with van der Waals surface area (Å²) in [5.41, 5.74) is -0.434. The molecule has 0 heterocycles. The van der Waals surface area contributed by atoms with Crippen molar-refractivity contribution in [2.24, 2.45) is 0 Å². The summed E-state index contributed by atoms with van der Waals surface area (Å²) in [4.78, 5) is 10.4. The summed E-state index contributed by atoms with van der Waals surface area (Å²) in [6.45, 7) is 8.66. The third kappa shape index (κ3) is 9.12. The number of carboxylic acids is 1. The van der Waals surface area contributed by atoms with E-state index in [2.05, 4.69) is 0 Å². The molecule has 0 aliphatic heterocycles. The van der Waals surface area contributed by atoms with Gasteiger partial charge < -0.3 is 14.6 Å². The molecule has 0 aromatic rings. The van der Waals surface area contributed by atoms with Crippen LogP contribution >= 0.6 is 0 Å². The number of hydrogen-bond donors (Lipinski definition) is 1. The molecule has 17 heavy (non-hydrogen) atoms. The summed E-state index contributed by atoms with van der Waals surface area (Å²) in [5, 5.41) is 8.57.